The highest BCUT2D eigenvalue weighted by Gasteiger charge is 2.25. The molecule has 0 radical (unpaired) electrons. The minimum Gasteiger partial charge on any atom is -0.502 e. The molecule has 1 aromatic rings. The average molecular weight is 176 g/mol. The minimum atomic E-state index is -0.658. The van der Waals surface area contributed by atoms with Crippen molar-refractivity contribution in [1.29, 1.82) is 0 Å². The van der Waals surface area contributed by atoms with E-state index < -0.39 is 12.1 Å². The van der Waals surface area contributed by atoms with Crippen molar-refractivity contribution < 1.29 is 14.6 Å². The van der Waals surface area contributed by atoms with Crippen molar-refractivity contribution in [3.8, 4) is 0 Å². The van der Waals surface area contributed by atoms with Crippen LogP contribution in [0.5, 0.6) is 0 Å². The molecule has 0 spiro atoms. The Morgan fingerprint density at radius 3 is 2.46 bits per heavy atom. The van der Waals surface area contributed by atoms with E-state index in [0.717, 1.165) is 5.56 Å². The van der Waals surface area contributed by atoms with E-state index in [2.05, 4.69) is 0 Å². The number of aliphatic hydroxyl groups is 1. The van der Waals surface area contributed by atoms with E-state index in [4.69, 9.17) is 9.84 Å². The van der Waals surface area contributed by atoms with Crippen LogP contribution >= 0.6 is 0 Å². The van der Waals surface area contributed by atoms with Crippen molar-refractivity contribution in [2.24, 2.45) is 0 Å². The van der Waals surface area contributed by atoms with E-state index in [9.17, 15) is 4.79 Å². The zero-order valence-corrected chi connectivity index (χ0v) is 6.81. The van der Waals surface area contributed by atoms with Crippen molar-refractivity contribution in [3.63, 3.8) is 0 Å². The summed E-state index contributed by atoms with van der Waals surface area (Å²) in [6.07, 6.45) is 0.964. The van der Waals surface area contributed by atoms with Crippen LogP contribution in [0, 0.1) is 0 Å². The van der Waals surface area contributed by atoms with Gasteiger partial charge in [-0.1, -0.05) is 30.3 Å². The monoisotopic (exact) mass is 176 g/mol. The van der Waals surface area contributed by atoms with Crippen LogP contribution in [0.2, 0.25) is 0 Å². The van der Waals surface area contributed by atoms with Gasteiger partial charge < -0.3 is 9.84 Å². The number of aliphatic hydroxyl groups excluding tert-OH is 1. The summed E-state index contributed by atoms with van der Waals surface area (Å²) >= 11 is 0. The minimum absolute atomic E-state index is 0.311. The van der Waals surface area contributed by atoms with Crippen LogP contribution in [0.15, 0.2) is 42.2 Å². The van der Waals surface area contributed by atoms with Crippen molar-refractivity contribution in [1.82, 2.24) is 0 Å². The molecule has 66 valence electrons. The van der Waals surface area contributed by atoms with Crippen molar-refractivity contribution >= 4 is 5.97 Å². The van der Waals surface area contributed by atoms with E-state index in [1.807, 2.05) is 30.3 Å². The first-order valence-electron chi connectivity index (χ1n) is 3.94. The molecule has 0 amide bonds. The van der Waals surface area contributed by atoms with Gasteiger partial charge in [0.05, 0.1) is 0 Å². The zero-order chi connectivity index (χ0) is 9.26. The summed E-state index contributed by atoms with van der Waals surface area (Å²) in [6.45, 7) is 0. The van der Waals surface area contributed by atoms with Gasteiger partial charge in [-0.05, 0) is 5.56 Å². The summed E-state index contributed by atoms with van der Waals surface area (Å²) in [7, 11) is 0. The summed E-state index contributed by atoms with van der Waals surface area (Å²) in [5, 5.41) is 9.02. The van der Waals surface area contributed by atoms with Crippen LogP contribution in [0.3, 0.4) is 0 Å². The molecule has 0 saturated heterocycles. The van der Waals surface area contributed by atoms with E-state index in [-0.39, 0.29) is 5.76 Å². The quantitative estimate of drug-likeness (QED) is 0.663. The van der Waals surface area contributed by atoms with Gasteiger partial charge in [-0.25, -0.2) is 4.79 Å². The molecule has 0 saturated carbocycles. The van der Waals surface area contributed by atoms with Gasteiger partial charge in [0.25, 0.3) is 0 Å². The van der Waals surface area contributed by atoms with Gasteiger partial charge in [0.2, 0.25) is 5.76 Å². The standard InChI is InChI=1S/C10H8O3/c11-8-6-9(13-10(8)12)7-4-2-1-3-5-7/h1-6,9,11H/t9-/m1/s1. The molecule has 0 aromatic heterocycles. The van der Waals surface area contributed by atoms with E-state index in [0.29, 0.717) is 0 Å². The molecule has 0 bridgehead atoms. The van der Waals surface area contributed by atoms with Crippen LogP contribution in [0.4, 0.5) is 0 Å². The Balaban J connectivity index is 2.27. The van der Waals surface area contributed by atoms with Crippen molar-refractivity contribution in [3.05, 3.63) is 47.7 Å². The molecule has 13 heavy (non-hydrogen) atoms. The fraction of sp³-hybridized carbons (Fsp3) is 0.100. The second kappa shape index (κ2) is 2.94. The molecule has 1 aromatic carbocycles. The second-order valence-corrected chi connectivity index (χ2v) is 2.79. The summed E-state index contributed by atoms with van der Waals surface area (Å²) in [5.74, 6) is -0.970. The maximum atomic E-state index is 10.8. The third-order valence-electron chi connectivity index (χ3n) is 1.88. The first kappa shape index (κ1) is 7.86. The SMILES string of the molecule is O=C1O[C@@H](c2ccccc2)C=C1O. The first-order chi connectivity index (χ1) is 6.27. The van der Waals surface area contributed by atoms with Gasteiger partial charge in [-0.3, -0.25) is 0 Å². The predicted octanol–water partition coefficient (Wildman–Crippen LogP) is 1.73. The summed E-state index contributed by atoms with van der Waals surface area (Å²) in [5.41, 5.74) is 0.861. The number of carbonyl (C=O) groups excluding carboxylic acids is 1. The molecule has 1 aliphatic heterocycles. The van der Waals surface area contributed by atoms with Gasteiger partial charge in [0.15, 0.2) is 0 Å². The van der Waals surface area contributed by atoms with Crippen molar-refractivity contribution in [2.45, 2.75) is 6.10 Å². The summed E-state index contributed by atoms with van der Waals surface area (Å²) in [4.78, 5) is 10.8. The second-order valence-electron chi connectivity index (χ2n) is 2.79. The Hall–Kier alpha value is -1.77. The molecular formula is C10H8O3. The maximum absolute atomic E-state index is 10.8. The Morgan fingerprint density at radius 2 is 1.92 bits per heavy atom. The third-order valence-corrected chi connectivity index (χ3v) is 1.88. The molecule has 1 aliphatic rings. The number of ether oxygens (including phenoxy) is 1. The molecule has 0 fully saturated rings. The number of rotatable bonds is 1. The summed E-state index contributed by atoms with van der Waals surface area (Å²) < 4.78 is 4.88. The molecule has 0 unspecified atom stereocenters. The molecule has 2 rings (SSSR count). The van der Waals surface area contributed by atoms with E-state index in [1.165, 1.54) is 6.08 Å². The van der Waals surface area contributed by atoms with E-state index >= 15 is 0 Å². The van der Waals surface area contributed by atoms with Gasteiger partial charge in [0, 0.05) is 6.08 Å². The van der Waals surface area contributed by atoms with Crippen molar-refractivity contribution in [2.75, 3.05) is 0 Å². The predicted molar refractivity (Wildman–Crippen MR) is 46.0 cm³/mol. The smallest absolute Gasteiger partial charge is 0.374 e. The average Bonchev–Trinajstić information content (AvgIpc) is 2.49. The normalized spacial score (nSPS) is 21.1. The zero-order valence-electron chi connectivity index (χ0n) is 6.81. The molecule has 3 nitrogen and oxygen atoms in total. The molecule has 1 N–H and O–H groups in total. The van der Waals surface area contributed by atoms with E-state index in [1.54, 1.807) is 0 Å². The Morgan fingerprint density at radius 1 is 1.23 bits per heavy atom. The Kier molecular flexibility index (Phi) is 1.77. The van der Waals surface area contributed by atoms with Crippen LogP contribution in [0.1, 0.15) is 11.7 Å². The fourth-order valence-corrected chi connectivity index (χ4v) is 1.23. The molecule has 1 atom stereocenters. The number of carbonyl (C=O) groups is 1. The molecule has 1 heterocycles. The summed E-state index contributed by atoms with van der Waals surface area (Å²) in [6, 6.07) is 9.27. The maximum Gasteiger partial charge on any atom is 0.374 e. The highest BCUT2D eigenvalue weighted by molar-refractivity contribution is 5.88. The third kappa shape index (κ3) is 1.40. The number of esters is 1. The van der Waals surface area contributed by atoms with Crippen LogP contribution in [-0.2, 0) is 9.53 Å². The topological polar surface area (TPSA) is 46.5 Å². The highest BCUT2D eigenvalue weighted by atomic mass is 16.6. The Labute approximate surface area is 75.3 Å². The van der Waals surface area contributed by atoms with Crippen LogP contribution in [0.25, 0.3) is 0 Å². The first-order valence-corrected chi connectivity index (χ1v) is 3.94. The largest absolute Gasteiger partial charge is 0.502 e. The lowest BCUT2D eigenvalue weighted by Gasteiger charge is -2.06. The Bertz CT molecular complexity index is 354. The highest BCUT2D eigenvalue weighted by Crippen LogP contribution is 2.25. The fourth-order valence-electron chi connectivity index (χ4n) is 1.23. The molecular weight excluding hydrogens is 168 g/mol. The van der Waals surface area contributed by atoms with Gasteiger partial charge in [-0.2, -0.15) is 0 Å². The number of benzene rings is 1. The molecule has 3 heteroatoms. The lowest BCUT2D eigenvalue weighted by molar-refractivity contribution is -0.142. The van der Waals surface area contributed by atoms with Crippen LogP contribution < -0.4 is 0 Å². The number of hydrogen-bond donors (Lipinski definition) is 1. The number of hydrogen-bond acceptors (Lipinski definition) is 3. The number of cyclic esters (lactones) is 1. The van der Waals surface area contributed by atoms with Crippen LogP contribution in [-0.4, -0.2) is 11.1 Å². The lowest BCUT2D eigenvalue weighted by atomic mass is 10.1. The molecule has 0 aliphatic carbocycles. The van der Waals surface area contributed by atoms with Gasteiger partial charge in [-0.15, -0.1) is 0 Å². The van der Waals surface area contributed by atoms with Gasteiger partial charge >= 0.3 is 5.97 Å². The lowest BCUT2D eigenvalue weighted by Crippen LogP contribution is -2.01. The van der Waals surface area contributed by atoms with Gasteiger partial charge in [0.1, 0.15) is 6.10 Å².